The average Bonchev–Trinajstić information content (AvgIpc) is 3.56. The lowest BCUT2D eigenvalue weighted by Gasteiger charge is -2.09. The van der Waals surface area contributed by atoms with Crippen molar-refractivity contribution in [1.29, 1.82) is 0 Å². The van der Waals surface area contributed by atoms with Gasteiger partial charge >= 0.3 is 0 Å². The Morgan fingerprint density at radius 1 is 1.03 bits per heavy atom. The first-order chi connectivity index (χ1) is 17.9. The number of anilines is 1. The number of fused-ring (bicyclic) bond motifs is 1. The Morgan fingerprint density at radius 3 is 2.57 bits per heavy atom. The second kappa shape index (κ2) is 10.4. The molecule has 3 aromatic carbocycles. The smallest absolute Gasteiger partial charge is 0.293 e. The SMILES string of the molecule is CCC(C)c1ccc2oc(-c3ccc(NC(=S)NC(=O)c4ccc(-c5ccccc5F)o4)cc3)nc2c1. The summed E-state index contributed by atoms with van der Waals surface area (Å²) in [5.74, 6) is 0.291. The maximum absolute atomic E-state index is 14.0. The molecule has 6 nitrogen and oxygen atoms in total. The maximum Gasteiger partial charge on any atom is 0.293 e. The Morgan fingerprint density at radius 2 is 1.81 bits per heavy atom. The number of nitrogens with zero attached hydrogens (tertiary/aromatic N) is 1. The molecule has 0 aliphatic rings. The molecule has 5 aromatic rings. The van der Waals surface area contributed by atoms with Crippen LogP contribution in [0.25, 0.3) is 33.9 Å². The summed E-state index contributed by atoms with van der Waals surface area (Å²) in [4.78, 5) is 17.2. The zero-order valence-electron chi connectivity index (χ0n) is 20.2. The van der Waals surface area contributed by atoms with E-state index in [4.69, 9.17) is 21.1 Å². The Hall–Kier alpha value is -4.30. The largest absolute Gasteiger partial charge is 0.451 e. The van der Waals surface area contributed by atoms with E-state index in [1.165, 1.54) is 17.7 Å². The van der Waals surface area contributed by atoms with Crippen LogP contribution in [0.2, 0.25) is 0 Å². The summed E-state index contributed by atoms with van der Waals surface area (Å²) in [6.07, 6.45) is 1.06. The molecule has 2 N–H and O–H groups in total. The highest BCUT2D eigenvalue weighted by atomic mass is 32.1. The molecule has 1 unspecified atom stereocenters. The van der Waals surface area contributed by atoms with Gasteiger partial charge < -0.3 is 14.2 Å². The fourth-order valence-electron chi connectivity index (χ4n) is 3.90. The summed E-state index contributed by atoms with van der Waals surface area (Å²) >= 11 is 5.27. The number of benzene rings is 3. The van der Waals surface area contributed by atoms with Crippen molar-refractivity contribution in [2.24, 2.45) is 0 Å². The normalized spacial score (nSPS) is 11.9. The van der Waals surface area contributed by atoms with Gasteiger partial charge in [-0.3, -0.25) is 10.1 Å². The topological polar surface area (TPSA) is 80.3 Å². The molecule has 0 saturated heterocycles. The minimum atomic E-state index is -0.542. The summed E-state index contributed by atoms with van der Waals surface area (Å²) in [5.41, 5.74) is 4.58. The number of halogens is 1. The maximum atomic E-state index is 14.0. The molecule has 1 atom stereocenters. The Balaban J connectivity index is 1.23. The standard InChI is InChI=1S/C29H24FN3O3S/c1-3-17(2)19-10-13-25-23(16-19)32-28(36-25)18-8-11-20(12-9-18)31-29(37)33-27(34)26-15-14-24(35-26)21-6-4-5-7-22(21)30/h4-17H,3H2,1-2H3,(H2,31,33,34,37). The van der Waals surface area contributed by atoms with E-state index in [1.807, 2.05) is 30.3 Å². The first-order valence-corrected chi connectivity index (χ1v) is 12.3. The number of nitrogens with one attached hydrogen (secondary N) is 2. The van der Waals surface area contributed by atoms with Gasteiger partial charge in [-0.2, -0.15) is 0 Å². The van der Waals surface area contributed by atoms with Crippen LogP contribution in [0.3, 0.4) is 0 Å². The molecule has 1 amide bonds. The summed E-state index contributed by atoms with van der Waals surface area (Å²) in [7, 11) is 0. The molecule has 0 spiro atoms. The van der Waals surface area contributed by atoms with E-state index in [-0.39, 0.29) is 22.2 Å². The van der Waals surface area contributed by atoms with Gasteiger partial charge in [0.05, 0.1) is 5.56 Å². The molecule has 8 heteroatoms. The molecule has 0 bridgehead atoms. The van der Waals surface area contributed by atoms with Crippen LogP contribution in [0, 0.1) is 5.82 Å². The second-order valence-corrected chi connectivity index (χ2v) is 9.09. The molecular weight excluding hydrogens is 489 g/mol. The number of amides is 1. The molecule has 186 valence electrons. The van der Waals surface area contributed by atoms with Crippen molar-refractivity contribution in [3.05, 3.63) is 96.0 Å². The van der Waals surface area contributed by atoms with Crippen LogP contribution in [-0.4, -0.2) is 16.0 Å². The molecular formula is C29H24FN3O3S. The second-order valence-electron chi connectivity index (χ2n) is 8.68. The number of hydrogen-bond acceptors (Lipinski definition) is 5. The molecule has 0 fully saturated rings. The summed E-state index contributed by atoms with van der Waals surface area (Å²) in [6, 6.07) is 22.7. The zero-order chi connectivity index (χ0) is 25.9. The number of carbonyl (C=O) groups is 1. The number of thiocarbonyl (C=S) groups is 1. The molecule has 0 saturated carbocycles. The van der Waals surface area contributed by atoms with Gasteiger partial charge in [-0.25, -0.2) is 9.37 Å². The van der Waals surface area contributed by atoms with E-state index in [2.05, 4.69) is 41.6 Å². The van der Waals surface area contributed by atoms with Crippen molar-refractivity contribution in [3.63, 3.8) is 0 Å². The van der Waals surface area contributed by atoms with Crippen molar-refractivity contribution in [2.75, 3.05) is 5.32 Å². The third-order valence-electron chi connectivity index (χ3n) is 6.18. The zero-order valence-corrected chi connectivity index (χ0v) is 21.1. The van der Waals surface area contributed by atoms with Gasteiger partial charge in [0.1, 0.15) is 17.1 Å². The number of rotatable bonds is 6. The van der Waals surface area contributed by atoms with E-state index >= 15 is 0 Å². The number of furan rings is 1. The molecule has 5 rings (SSSR count). The monoisotopic (exact) mass is 513 g/mol. The van der Waals surface area contributed by atoms with Crippen LogP contribution in [0.5, 0.6) is 0 Å². The van der Waals surface area contributed by atoms with E-state index in [1.54, 1.807) is 24.3 Å². The Bertz CT molecular complexity index is 1590. The third-order valence-corrected chi connectivity index (χ3v) is 6.38. The summed E-state index contributed by atoms with van der Waals surface area (Å²) in [5, 5.41) is 5.64. The van der Waals surface area contributed by atoms with Gasteiger partial charge in [-0.05, 0) is 90.8 Å². The highest BCUT2D eigenvalue weighted by molar-refractivity contribution is 7.80. The van der Waals surface area contributed by atoms with Crippen LogP contribution in [0.15, 0.2) is 87.7 Å². The number of oxazole rings is 1. The average molecular weight is 514 g/mol. The Kier molecular flexibility index (Phi) is 6.83. The van der Waals surface area contributed by atoms with Gasteiger partial charge in [0.2, 0.25) is 5.89 Å². The predicted octanol–water partition coefficient (Wildman–Crippen LogP) is 7.53. The van der Waals surface area contributed by atoms with Crippen molar-refractivity contribution in [2.45, 2.75) is 26.2 Å². The summed E-state index contributed by atoms with van der Waals surface area (Å²) < 4.78 is 25.4. The Labute approximate surface area is 218 Å². The van der Waals surface area contributed by atoms with E-state index in [0.29, 0.717) is 17.5 Å². The number of carbonyl (C=O) groups excluding carboxylic acids is 1. The van der Waals surface area contributed by atoms with Crippen molar-refractivity contribution >= 4 is 40.0 Å². The lowest BCUT2D eigenvalue weighted by atomic mass is 9.98. The minimum Gasteiger partial charge on any atom is -0.451 e. The van der Waals surface area contributed by atoms with Crippen LogP contribution in [0.4, 0.5) is 10.1 Å². The fourth-order valence-corrected chi connectivity index (χ4v) is 4.11. The van der Waals surface area contributed by atoms with Crippen LogP contribution < -0.4 is 10.6 Å². The molecule has 0 aliphatic heterocycles. The van der Waals surface area contributed by atoms with Crippen LogP contribution in [-0.2, 0) is 0 Å². The molecule has 37 heavy (non-hydrogen) atoms. The van der Waals surface area contributed by atoms with E-state index in [9.17, 15) is 9.18 Å². The fraction of sp³-hybridized carbons (Fsp3) is 0.138. The van der Waals surface area contributed by atoms with Gasteiger partial charge in [-0.15, -0.1) is 0 Å². The first kappa shape index (κ1) is 24.4. The van der Waals surface area contributed by atoms with Crippen molar-refractivity contribution in [1.82, 2.24) is 10.3 Å². The lowest BCUT2D eigenvalue weighted by Crippen LogP contribution is -2.33. The van der Waals surface area contributed by atoms with Gasteiger partial charge in [0, 0.05) is 11.3 Å². The quantitative estimate of drug-likeness (QED) is 0.228. The molecule has 0 radical (unpaired) electrons. The van der Waals surface area contributed by atoms with Gasteiger partial charge in [0.15, 0.2) is 16.5 Å². The number of aromatic nitrogens is 1. The molecule has 2 heterocycles. The van der Waals surface area contributed by atoms with Gasteiger partial charge in [0.25, 0.3) is 5.91 Å². The van der Waals surface area contributed by atoms with Gasteiger partial charge in [-0.1, -0.05) is 32.0 Å². The van der Waals surface area contributed by atoms with Crippen molar-refractivity contribution in [3.8, 4) is 22.8 Å². The van der Waals surface area contributed by atoms with E-state index < -0.39 is 11.7 Å². The predicted molar refractivity (Wildman–Crippen MR) is 146 cm³/mol. The molecule has 2 aromatic heterocycles. The summed E-state index contributed by atoms with van der Waals surface area (Å²) in [6.45, 7) is 4.36. The highest BCUT2D eigenvalue weighted by Gasteiger charge is 2.16. The molecule has 0 aliphatic carbocycles. The van der Waals surface area contributed by atoms with Crippen molar-refractivity contribution < 1.29 is 18.0 Å². The number of hydrogen-bond donors (Lipinski definition) is 2. The van der Waals surface area contributed by atoms with E-state index in [0.717, 1.165) is 23.1 Å². The highest BCUT2D eigenvalue weighted by Crippen LogP contribution is 2.29. The van der Waals surface area contributed by atoms with Crippen LogP contribution in [0.1, 0.15) is 42.3 Å². The minimum absolute atomic E-state index is 0.0187. The third kappa shape index (κ3) is 5.29. The van der Waals surface area contributed by atoms with Crippen LogP contribution >= 0.6 is 12.2 Å². The first-order valence-electron chi connectivity index (χ1n) is 11.9. The lowest BCUT2D eigenvalue weighted by molar-refractivity contribution is 0.0951.